The Balaban J connectivity index is 1.59. The number of methoxy groups -OCH3 is 1. The largest absolute Gasteiger partial charge is 0.497 e. The van der Waals surface area contributed by atoms with Crippen molar-refractivity contribution in [2.45, 2.75) is 9.99 Å². The van der Waals surface area contributed by atoms with Gasteiger partial charge in [0.2, 0.25) is 0 Å². The van der Waals surface area contributed by atoms with E-state index in [2.05, 4.69) is 5.32 Å². The number of benzene rings is 2. The van der Waals surface area contributed by atoms with Crippen LogP contribution in [0.5, 0.6) is 5.75 Å². The molecule has 1 aliphatic heterocycles. The maximum absolute atomic E-state index is 13.0. The van der Waals surface area contributed by atoms with Crippen molar-refractivity contribution >= 4 is 52.7 Å². The molecule has 8 heteroatoms. The van der Waals surface area contributed by atoms with E-state index in [0.717, 1.165) is 4.90 Å². The van der Waals surface area contributed by atoms with Crippen LogP contribution in [0.3, 0.4) is 0 Å². The van der Waals surface area contributed by atoms with E-state index in [0.29, 0.717) is 22.3 Å². The maximum Gasteiger partial charge on any atom is 0.270 e. The number of rotatable bonds is 5. The highest BCUT2D eigenvalue weighted by molar-refractivity contribution is 7.99. The lowest BCUT2D eigenvalue weighted by Gasteiger charge is -2.28. The minimum Gasteiger partial charge on any atom is -0.497 e. The SMILES string of the molecule is COc1ccc(N2C(=O)/C(=C\c3ccc(Sc4ccccc4)o3)C(=O)NC2=S)cc1. The van der Waals surface area contributed by atoms with Gasteiger partial charge in [-0.1, -0.05) is 30.0 Å². The van der Waals surface area contributed by atoms with Crippen molar-refractivity contribution in [2.24, 2.45) is 0 Å². The normalized spacial score (nSPS) is 15.4. The van der Waals surface area contributed by atoms with Gasteiger partial charge in [-0.25, -0.2) is 0 Å². The number of thiocarbonyl (C=S) groups is 1. The van der Waals surface area contributed by atoms with Crippen molar-refractivity contribution in [3.8, 4) is 5.75 Å². The molecule has 1 aromatic heterocycles. The van der Waals surface area contributed by atoms with Crippen molar-refractivity contribution in [1.29, 1.82) is 0 Å². The van der Waals surface area contributed by atoms with Crippen LogP contribution in [0.25, 0.3) is 6.08 Å². The van der Waals surface area contributed by atoms with Crippen molar-refractivity contribution in [3.05, 3.63) is 78.1 Å². The second-order valence-corrected chi connectivity index (χ2v) is 7.69. The molecule has 1 saturated heterocycles. The van der Waals surface area contributed by atoms with Crippen LogP contribution < -0.4 is 15.0 Å². The molecule has 2 heterocycles. The van der Waals surface area contributed by atoms with Crippen LogP contribution >= 0.6 is 24.0 Å². The molecule has 150 valence electrons. The summed E-state index contributed by atoms with van der Waals surface area (Å²) in [4.78, 5) is 27.7. The fraction of sp³-hybridized carbons (Fsp3) is 0.0455. The summed E-state index contributed by atoms with van der Waals surface area (Å²) in [6.07, 6.45) is 1.42. The van der Waals surface area contributed by atoms with Gasteiger partial charge >= 0.3 is 0 Å². The number of hydrogen-bond acceptors (Lipinski definition) is 6. The average Bonchev–Trinajstić information content (AvgIpc) is 3.19. The molecule has 3 aromatic rings. The highest BCUT2D eigenvalue weighted by Crippen LogP contribution is 2.30. The third kappa shape index (κ3) is 4.14. The molecule has 1 aliphatic rings. The molecular weight excluding hydrogens is 420 g/mol. The zero-order chi connectivity index (χ0) is 21.1. The maximum atomic E-state index is 13.0. The zero-order valence-corrected chi connectivity index (χ0v) is 17.5. The van der Waals surface area contributed by atoms with Gasteiger partial charge in [0.1, 0.15) is 17.1 Å². The van der Waals surface area contributed by atoms with E-state index < -0.39 is 11.8 Å². The molecule has 0 radical (unpaired) electrons. The van der Waals surface area contributed by atoms with Crippen LogP contribution in [0.1, 0.15) is 5.76 Å². The smallest absolute Gasteiger partial charge is 0.270 e. The molecule has 2 aromatic carbocycles. The van der Waals surface area contributed by atoms with E-state index in [1.54, 1.807) is 43.5 Å². The lowest BCUT2D eigenvalue weighted by atomic mass is 10.1. The molecular formula is C22H16N2O4S2. The quantitative estimate of drug-likeness (QED) is 0.366. The molecule has 2 amide bonds. The first kappa shape index (κ1) is 19.9. The minimum atomic E-state index is -0.566. The van der Waals surface area contributed by atoms with Crippen LogP contribution in [-0.2, 0) is 9.59 Å². The van der Waals surface area contributed by atoms with Crippen LogP contribution in [0, 0.1) is 0 Å². The predicted molar refractivity (Wildman–Crippen MR) is 118 cm³/mol. The number of furan rings is 1. The van der Waals surface area contributed by atoms with Crippen LogP contribution in [0.15, 0.2) is 86.7 Å². The summed E-state index contributed by atoms with van der Waals surface area (Å²) in [5.74, 6) is -0.0478. The van der Waals surface area contributed by atoms with Gasteiger partial charge in [0.25, 0.3) is 11.8 Å². The van der Waals surface area contributed by atoms with E-state index in [1.165, 1.54) is 22.7 Å². The molecule has 0 unspecified atom stereocenters. The van der Waals surface area contributed by atoms with E-state index in [9.17, 15) is 9.59 Å². The highest BCUT2D eigenvalue weighted by Gasteiger charge is 2.34. The molecule has 0 spiro atoms. The van der Waals surface area contributed by atoms with E-state index in [4.69, 9.17) is 21.4 Å². The van der Waals surface area contributed by atoms with Crippen molar-refractivity contribution in [1.82, 2.24) is 5.32 Å². The van der Waals surface area contributed by atoms with Gasteiger partial charge in [-0.15, -0.1) is 0 Å². The summed E-state index contributed by atoms with van der Waals surface area (Å²) in [7, 11) is 1.56. The first-order chi connectivity index (χ1) is 14.5. The minimum absolute atomic E-state index is 0.0204. The number of anilines is 1. The first-order valence-electron chi connectivity index (χ1n) is 8.93. The van der Waals surface area contributed by atoms with Gasteiger partial charge in [0.05, 0.1) is 12.8 Å². The summed E-state index contributed by atoms with van der Waals surface area (Å²) in [5.41, 5.74) is 0.460. The van der Waals surface area contributed by atoms with Crippen LogP contribution in [0.4, 0.5) is 5.69 Å². The lowest BCUT2D eigenvalue weighted by Crippen LogP contribution is -2.54. The number of nitrogens with zero attached hydrogens (tertiary/aromatic N) is 1. The summed E-state index contributed by atoms with van der Waals surface area (Å²) in [6, 6.07) is 20.1. The standard InChI is InChI=1S/C22H16N2O4S2/c1-27-15-9-7-14(8-10-15)24-21(26)18(20(25)23-22(24)29)13-16-11-12-19(28-16)30-17-5-3-2-4-6-17/h2-13H,1H3,(H,23,25,29)/b18-13-. The summed E-state index contributed by atoms with van der Waals surface area (Å²) in [5, 5.41) is 3.23. The summed E-state index contributed by atoms with van der Waals surface area (Å²) >= 11 is 6.66. The Labute approximate surface area is 182 Å². The number of carbonyl (C=O) groups excluding carboxylic acids is 2. The predicted octanol–water partition coefficient (Wildman–Crippen LogP) is 4.27. The second-order valence-electron chi connectivity index (χ2n) is 6.23. The fourth-order valence-electron chi connectivity index (χ4n) is 2.84. The van der Waals surface area contributed by atoms with E-state index in [1.807, 2.05) is 30.3 Å². The number of carbonyl (C=O) groups is 2. The number of nitrogens with one attached hydrogen (secondary N) is 1. The lowest BCUT2D eigenvalue weighted by molar-refractivity contribution is -0.122. The second kappa shape index (κ2) is 8.56. The Morgan fingerprint density at radius 3 is 2.47 bits per heavy atom. The van der Waals surface area contributed by atoms with Gasteiger partial charge in [-0.3, -0.25) is 19.8 Å². The van der Waals surface area contributed by atoms with Crippen LogP contribution in [0.2, 0.25) is 0 Å². The Kier molecular flexibility index (Phi) is 5.69. The Bertz CT molecular complexity index is 1140. The van der Waals surface area contributed by atoms with Crippen LogP contribution in [-0.4, -0.2) is 24.0 Å². The first-order valence-corrected chi connectivity index (χ1v) is 10.2. The monoisotopic (exact) mass is 436 g/mol. The van der Waals surface area contributed by atoms with Crippen molar-refractivity contribution in [3.63, 3.8) is 0 Å². The molecule has 0 bridgehead atoms. The van der Waals surface area contributed by atoms with Crippen molar-refractivity contribution < 1.29 is 18.7 Å². The van der Waals surface area contributed by atoms with E-state index in [-0.39, 0.29) is 10.7 Å². The highest BCUT2D eigenvalue weighted by atomic mass is 32.2. The molecule has 0 atom stereocenters. The van der Waals surface area contributed by atoms with E-state index >= 15 is 0 Å². The molecule has 30 heavy (non-hydrogen) atoms. The van der Waals surface area contributed by atoms with Gasteiger partial charge in [-0.2, -0.15) is 0 Å². The topological polar surface area (TPSA) is 71.8 Å². The van der Waals surface area contributed by atoms with Gasteiger partial charge in [-0.05, 0) is 66.8 Å². The molecule has 6 nitrogen and oxygen atoms in total. The van der Waals surface area contributed by atoms with Gasteiger partial charge in [0.15, 0.2) is 10.2 Å². The Morgan fingerprint density at radius 2 is 1.77 bits per heavy atom. The fourth-order valence-corrected chi connectivity index (χ4v) is 3.92. The van der Waals surface area contributed by atoms with Crippen molar-refractivity contribution in [2.75, 3.05) is 12.0 Å². The molecule has 4 rings (SSSR count). The number of ether oxygens (including phenoxy) is 1. The average molecular weight is 437 g/mol. The molecule has 1 fully saturated rings. The van der Waals surface area contributed by atoms with Gasteiger partial charge in [0, 0.05) is 4.90 Å². The Hall–Kier alpha value is -3.36. The number of hydrogen-bond donors (Lipinski definition) is 1. The summed E-state index contributed by atoms with van der Waals surface area (Å²) < 4.78 is 10.9. The number of amides is 2. The van der Waals surface area contributed by atoms with Gasteiger partial charge < -0.3 is 9.15 Å². The molecule has 0 aliphatic carbocycles. The zero-order valence-electron chi connectivity index (χ0n) is 15.8. The third-order valence-corrected chi connectivity index (χ3v) is 5.50. The molecule has 0 saturated carbocycles. The molecule has 1 N–H and O–H groups in total. The summed E-state index contributed by atoms with van der Waals surface area (Å²) in [6.45, 7) is 0. The third-order valence-electron chi connectivity index (χ3n) is 4.28. The Morgan fingerprint density at radius 1 is 1.03 bits per heavy atom.